The molecule has 14 heteroatoms. The van der Waals surface area contributed by atoms with Crippen LogP contribution < -0.4 is 0 Å². The summed E-state index contributed by atoms with van der Waals surface area (Å²) in [6, 6.07) is 7.88. The highest BCUT2D eigenvalue weighted by molar-refractivity contribution is 6.39. The SMILES string of the molecule is CCCOC1CC(C=C(C)C2OC(=O)C3CCCCN3C(=O)C(=O)C3(O)OC(C(OC)CC(C)CC(C)=CC(CC)C(=O)CC(O)C2C)C(OC)CC3C)CCC1OCC(=O)c1ccccc1. The lowest BCUT2D eigenvalue weighted by molar-refractivity contribution is -0.302. The Balaban J connectivity index is 1.47. The molecule has 5 rings (SSSR count). The maximum Gasteiger partial charge on any atom is 0.329 e. The summed E-state index contributed by atoms with van der Waals surface area (Å²) in [4.78, 5) is 71.5. The number of amides is 1. The molecule has 1 amide bonds. The van der Waals surface area contributed by atoms with Crippen molar-refractivity contribution in [2.24, 2.45) is 29.6 Å². The lowest BCUT2D eigenvalue weighted by atomic mass is 9.81. The van der Waals surface area contributed by atoms with E-state index in [-0.39, 0.29) is 68.0 Å². The first-order chi connectivity index (χ1) is 31.9. The third kappa shape index (κ3) is 13.8. The van der Waals surface area contributed by atoms with Crippen molar-refractivity contribution in [1.29, 1.82) is 0 Å². The van der Waals surface area contributed by atoms with E-state index in [0.717, 1.165) is 12.0 Å². The Bertz CT molecular complexity index is 1880. The molecule has 1 aromatic carbocycles. The van der Waals surface area contributed by atoms with Gasteiger partial charge in [0.25, 0.3) is 11.7 Å². The Morgan fingerprint density at radius 3 is 2.27 bits per heavy atom. The first-order valence-electron chi connectivity index (χ1n) is 24.8. The number of rotatable bonds is 12. The minimum Gasteiger partial charge on any atom is -0.456 e. The van der Waals surface area contributed by atoms with Crippen molar-refractivity contribution in [3.8, 4) is 0 Å². The molecule has 67 heavy (non-hydrogen) atoms. The van der Waals surface area contributed by atoms with Crippen LogP contribution in [0.2, 0.25) is 0 Å². The van der Waals surface area contributed by atoms with Crippen LogP contribution in [0.25, 0.3) is 0 Å². The number of carbonyl (C=O) groups is 5. The fourth-order valence-electron chi connectivity index (χ4n) is 10.7. The number of hydrogen-bond donors (Lipinski definition) is 2. The summed E-state index contributed by atoms with van der Waals surface area (Å²) in [6.07, 6.45) is 4.79. The molecule has 3 fully saturated rings. The van der Waals surface area contributed by atoms with Gasteiger partial charge in [0.15, 0.2) is 5.78 Å². The molecule has 1 saturated carbocycles. The normalized spacial score (nSPS) is 35.8. The highest BCUT2D eigenvalue weighted by atomic mass is 16.7. The van der Waals surface area contributed by atoms with Gasteiger partial charge >= 0.3 is 5.97 Å². The van der Waals surface area contributed by atoms with E-state index in [0.29, 0.717) is 69.1 Å². The van der Waals surface area contributed by atoms with E-state index in [1.54, 1.807) is 26.0 Å². The Morgan fingerprint density at radius 1 is 0.896 bits per heavy atom. The fraction of sp³-hybridized carbons (Fsp3) is 0.717. The molecule has 14 atom stereocenters. The number of ketones is 3. The zero-order chi connectivity index (χ0) is 49.0. The first-order valence-corrected chi connectivity index (χ1v) is 24.8. The van der Waals surface area contributed by atoms with Crippen LogP contribution in [0.1, 0.15) is 136 Å². The summed E-state index contributed by atoms with van der Waals surface area (Å²) >= 11 is 0. The van der Waals surface area contributed by atoms with Crippen molar-refractivity contribution in [3.05, 3.63) is 59.2 Å². The number of aliphatic hydroxyl groups is 2. The van der Waals surface area contributed by atoms with E-state index in [1.165, 1.54) is 19.1 Å². The van der Waals surface area contributed by atoms with Gasteiger partial charge in [0.05, 0.1) is 30.5 Å². The zero-order valence-corrected chi connectivity index (χ0v) is 41.5. The third-order valence-corrected chi connectivity index (χ3v) is 14.6. The number of Topliss-reactive ketones (excluding diaryl/α,β-unsaturated/α-hetero) is 3. The number of nitrogens with zero attached hydrogens (tertiary/aromatic N) is 1. The molecule has 2 bridgehead atoms. The number of piperidine rings is 1. The molecule has 0 radical (unpaired) electrons. The van der Waals surface area contributed by atoms with Gasteiger partial charge in [-0.05, 0) is 102 Å². The monoisotopic (exact) mass is 938 g/mol. The number of hydrogen-bond acceptors (Lipinski definition) is 13. The number of benzene rings is 1. The molecule has 1 aliphatic carbocycles. The van der Waals surface area contributed by atoms with Crippen molar-refractivity contribution < 1.29 is 62.6 Å². The molecule has 0 spiro atoms. The van der Waals surface area contributed by atoms with Gasteiger partial charge < -0.3 is 43.5 Å². The first kappa shape index (κ1) is 54.3. The standard InChI is InChI=1S/C53H79NO13/c1-10-23-64-45-29-37(20-21-44(45)65-31-43(57)39-17-13-12-14-18-39)27-34(5)48-36(7)41(55)30-42(56)38(11-2)25-32(3)24-33(4)26-46(62-8)49-47(63-9)28-35(6)53(61,67-49)50(58)51(59)54-22-16-15-19-40(54)52(60)66-48/h12-14,17-18,25,27,33,35-38,40-41,44-49,55,61H,10-11,15-16,19-24,26,28-31H2,1-9H3. The van der Waals surface area contributed by atoms with E-state index in [1.807, 2.05) is 58.0 Å². The number of methoxy groups -OCH3 is 2. The zero-order valence-electron chi connectivity index (χ0n) is 41.5. The number of allylic oxidation sites excluding steroid dienone is 3. The van der Waals surface area contributed by atoms with Crippen LogP contribution in [0.5, 0.6) is 0 Å². The van der Waals surface area contributed by atoms with Gasteiger partial charge in [-0.25, -0.2) is 4.79 Å². The molecule has 2 saturated heterocycles. The van der Waals surface area contributed by atoms with Crippen molar-refractivity contribution in [2.45, 2.75) is 180 Å². The van der Waals surface area contributed by atoms with Gasteiger partial charge in [-0.15, -0.1) is 0 Å². The summed E-state index contributed by atoms with van der Waals surface area (Å²) in [5, 5.41) is 24.0. The predicted octanol–water partition coefficient (Wildman–Crippen LogP) is 7.16. The summed E-state index contributed by atoms with van der Waals surface area (Å²) in [5.41, 5.74) is 2.23. The Labute approximate surface area is 398 Å². The smallest absolute Gasteiger partial charge is 0.329 e. The minimum atomic E-state index is -2.52. The van der Waals surface area contributed by atoms with Gasteiger partial charge in [-0.2, -0.15) is 0 Å². The highest BCUT2D eigenvalue weighted by Gasteiger charge is 2.56. The maximum absolute atomic E-state index is 14.6. The van der Waals surface area contributed by atoms with Crippen molar-refractivity contribution in [3.63, 3.8) is 0 Å². The molecular weight excluding hydrogens is 859 g/mol. The van der Waals surface area contributed by atoms with Gasteiger partial charge in [0.2, 0.25) is 5.79 Å². The second kappa shape index (κ2) is 25.3. The van der Waals surface area contributed by atoms with E-state index in [9.17, 15) is 34.2 Å². The molecule has 4 aliphatic rings. The lowest BCUT2D eigenvalue weighted by Crippen LogP contribution is -2.64. The quantitative estimate of drug-likeness (QED) is 0.0933. The summed E-state index contributed by atoms with van der Waals surface area (Å²) in [6.45, 7) is 13.8. The van der Waals surface area contributed by atoms with Crippen molar-refractivity contribution in [1.82, 2.24) is 4.90 Å². The van der Waals surface area contributed by atoms with Gasteiger partial charge in [-0.1, -0.05) is 82.7 Å². The largest absolute Gasteiger partial charge is 0.456 e. The molecule has 3 heterocycles. The highest BCUT2D eigenvalue weighted by Crippen LogP contribution is 2.39. The number of ether oxygens (including phenoxy) is 6. The second-order valence-corrected chi connectivity index (χ2v) is 19.9. The van der Waals surface area contributed by atoms with E-state index < -0.39 is 77.8 Å². The molecule has 14 nitrogen and oxygen atoms in total. The average molecular weight is 938 g/mol. The van der Waals surface area contributed by atoms with E-state index in [2.05, 4.69) is 6.92 Å². The fourth-order valence-corrected chi connectivity index (χ4v) is 10.7. The minimum absolute atomic E-state index is 0.0205. The molecule has 14 unspecified atom stereocenters. The summed E-state index contributed by atoms with van der Waals surface area (Å²) < 4.78 is 37.0. The van der Waals surface area contributed by atoms with Crippen LogP contribution in [-0.2, 0) is 47.6 Å². The lowest BCUT2D eigenvalue weighted by Gasteiger charge is -2.47. The molecule has 3 aliphatic heterocycles. The van der Waals surface area contributed by atoms with Gasteiger partial charge in [0, 0.05) is 57.1 Å². The van der Waals surface area contributed by atoms with Crippen LogP contribution in [0.4, 0.5) is 0 Å². The molecule has 1 aromatic rings. The van der Waals surface area contributed by atoms with Crippen LogP contribution in [-0.4, -0.2) is 133 Å². The maximum atomic E-state index is 14.6. The van der Waals surface area contributed by atoms with Crippen LogP contribution >= 0.6 is 0 Å². The molecule has 374 valence electrons. The molecular formula is C53H79NO13. The Kier molecular flexibility index (Phi) is 20.5. The van der Waals surface area contributed by atoms with Gasteiger partial charge in [-0.3, -0.25) is 19.2 Å². The number of carbonyl (C=O) groups excluding carboxylic acids is 5. The molecule has 0 aromatic heterocycles. The Morgan fingerprint density at radius 2 is 1.60 bits per heavy atom. The number of aliphatic hydroxyl groups excluding tert-OH is 1. The molecule has 2 N–H and O–H groups in total. The third-order valence-electron chi connectivity index (χ3n) is 14.6. The summed E-state index contributed by atoms with van der Waals surface area (Å²) in [7, 11) is 3.07. The number of cyclic esters (lactones) is 1. The van der Waals surface area contributed by atoms with Crippen LogP contribution in [0, 0.1) is 29.6 Å². The number of esters is 1. The number of fused-ring (bicyclic) bond motifs is 3. The van der Waals surface area contributed by atoms with Crippen molar-refractivity contribution in [2.75, 3.05) is 34.0 Å². The Hall–Kier alpha value is -3.63. The predicted molar refractivity (Wildman–Crippen MR) is 252 cm³/mol. The van der Waals surface area contributed by atoms with Gasteiger partial charge in [0.1, 0.15) is 30.6 Å². The average Bonchev–Trinajstić information content (AvgIpc) is 3.32. The second-order valence-electron chi connectivity index (χ2n) is 19.9. The van der Waals surface area contributed by atoms with E-state index in [4.69, 9.17) is 28.4 Å². The topological polar surface area (TPSA) is 184 Å². The van der Waals surface area contributed by atoms with Crippen LogP contribution in [0.15, 0.2) is 53.6 Å². The van der Waals surface area contributed by atoms with E-state index >= 15 is 0 Å². The van der Waals surface area contributed by atoms with Crippen LogP contribution in [0.3, 0.4) is 0 Å². The summed E-state index contributed by atoms with van der Waals surface area (Å²) in [5.74, 6) is -7.78. The van der Waals surface area contributed by atoms with Crippen molar-refractivity contribution >= 4 is 29.2 Å².